The molecular weight excluding hydrogens is 347 g/mol. The molecule has 6 heteroatoms. The number of hydrogen-bond donors (Lipinski definition) is 1. The number of carbonyl (C=O) groups excluding carboxylic acids is 1. The molecule has 1 amide bonds. The van der Waals surface area contributed by atoms with E-state index < -0.39 is 5.82 Å². The molecule has 1 heterocycles. The zero-order valence-corrected chi connectivity index (χ0v) is 15.7. The van der Waals surface area contributed by atoms with E-state index in [0.717, 1.165) is 37.2 Å². The topological polar surface area (TPSA) is 50.8 Å². The fourth-order valence-electron chi connectivity index (χ4n) is 3.48. The highest BCUT2D eigenvalue weighted by Gasteiger charge is 2.24. The largest absolute Gasteiger partial charge is 0.497 e. The Labute approximate surface area is 159 Å². The third-order valence-corrected chi connectivity index (χ3v) is 4.94. The average Bonchev–Trinajstić information content (AvgIpc) is 3.23. The maximum Gasteiger partial charge on any atom is 0.255 e. The van der Waals surface area contributed by atoms with Crippen molar-refractivity contribution in [1.29, 1.82) is 0 Å². The van der Waals surface area contributed by atoms with Crippen molar-refractivity contribution in [3.05, 3.63) is 59.4 Å². The number of ether oxygens (including phenoxy) is 2. The van der Waals surface area contributed by atoms with Crippen molar-refractivity contribution in [3.63, 3.8) is 0 Å². The van der Waals surface area contributed by atoms with Crippen LogP contribution < -0.4 is 14.8 Å². The van der Waals surface area contributed by atoms with Gasteiger partial charge in [-0.3, -0.25) is 9.69 Å². The van der Waals surface area contributed by atoms with E-state index in [4.69, 9.17) is 9.47 Å². The van der Waals surface area contributed by atoms with Crippen molar-refractivity contribution in [2.24, 2.45) is 0 Å². The predicted molar refractivity (Wildman–Crippen MR) is 102 cm³/mol. The van der Waals surface area contributed by atoms with Gasteiger partial charge in [-0.1, -0.05) is 12.1 Å². The SMILES string of the molecule is COc1ccc(C(CNC(=O)c2cc(F)ccc2OC)N2CCCC2)cc1. The number of methoxy groups -OCH3 is 2. The van der Waals surface area contributed by atoms with E-state index in [0.29, 0.717) is 12.3 Å². The molecule has 1 aliphatic rings. The first-order valence-electron chi connectivity index (χ1n) is 9.12. The van der Waals surface area contributed by atoms with Gasteiger partial charge in [0.25, 0.3) is 5.91 Å². The van der Waals surface area contributed by atoms with Gasteiger partial charge in [0.2, 0.25) is 0 Å². The number of nitrogens with zero attached hydrogens (tertiary/aromatic N) is 1. The number of hydrogen-bond acceptors (Lipinski definition) is 4. The standard InChI is InChI=1S/C21H25FN2O3/c1-26-17-8-5-15(6-9-17)19(24-11-3-4-12-24)14-23-21(25)18-13-16(22)7-10-20(18)27-2/h5-10,13,19H,3-4,11-12,14H2,1-2H3,(H,23,25). The summed E-state index contributed by atoms with van der Waals surface area (Å²) < 4.78 is 24.0. The molecule has 0 radical (unpaired) electrons. The molecular formula is C21H25FN2O3. The lowest BCUT2D eigenvalue weighted by Gasteiger charge is -2.28. The maximum absolute atomic E-state index is 13.6. The van der Waals surface area contributed by atoms with Crippen LogP contribution in [0.1, 0.15) is 34.8 Å². The molecule has 3 rings (SSSR count). The zero-order valence-electron chi connectivity index (χ0n) is 15.7. The van der Waals surface area contributed by atoms with Crippen LogP contribution in [0.25, 0.3) is 0 Å². The van der Waals surface area contributed by atoms with E-state index in [1.165, 1.54) is 25.3 Å². The molecule has 1 unspecified atom stereocenters. The number of carbonyl (C=O) groups is 1. The van der Waals surface area contributed by atoms with Crippen LogP contribution >= 0.6 is 0 Å². The van der Waals surface area contributed by atoms with Crippen molar-refractivity contribution in [2.75, 3.05) is 33.9 Å². The van der Waals surface area contributed by atoms with E-state index in [1.54, 1.807) is 7.11 Å². The van der Waals surface area contributed by atoms with Crippen LogP contribution in [-0.4, -0.2) is 44.7 Å². The van der Waals surface area contributed by atoms with Gasteiger partial charge in [-0.2, -0.15) is 0 Å². The number of likely N-dealkylation sites (tertiary alicyclic amines) is 1. The van der Waals surface area contributed by atoms with Crippen molar-refractivity contribution >= 4 is 5.91 Å². The van der Waals surface area contributed by atoms with Crippen molar-refractivity contribution < 1.29 is 18.7 Å². The van der Waals surface area contributed by atoms with E-state index in [-0.39, 0.29) is 17.5 Å². The Morgan fingerprint density at radius 1 is 1.11 bits per heavy atom. The summed E-state index contributed by atoms with van der Waals surface area (Å²) in [6, 6.07) is 11.9. The number of nitrogens with one attached hydrogen (secondary N) is 1. The zero-order chi connectivity index (χ0) is 19.2. The highest BCUT2D eigenvalue weighted by molar-refractivity contribution is 5.96. The summed E-state index contributed by atoms with van der Waals surface area (Å²) in [7, 11) is 3.11. The second kappa shape index (κ2) is 8.86. The quantitative estimate of drug-likeness (QED) is 0.809. The van der Waals surface area contributed by atoms with Gasteiger partial charge in [0, 0.05) is 6.54 Å². The lowest BCUT2D eigenvalue weighted by atomic mass is 10.0. The van der Waals surface area contributed by atoms with Crippen molar-refractivity contribution in [3.8, 4) is 11.5 Å². The number of halogens is 1. The molecule has 0 aliphatic carbocycles. The minimum atomic E-state index is -0.466. The fraction of sp³-hybridized carbons (Fsp3) is 0.381. The van der Waals surface area contributed by atoms with Crippen LogP contribution in [0.2, 0.25) is 0 Å². The van der Waals surface area contributed by atoms with Crippen LogP contribution in [0, 0.1) is 5.82 Å². The molecule has 2 aromatic rings. The minimum absolute atomic E-state index is 0.0573. The third-order valence-electron chi connectivity index (χ3n) is 4.94. The highest BCUT2D eigenvalue weighted by Crippen LogP contribution is 2.27. The van der Waals surface area contributed by atoms with Crippen LogP contribution in [0.15, 0.2) is 42.5 Å². The molecule has 0 bridgehead atoms. The average molecular weight is 372 g/mol. The Morgan fingerprint density at radius 2 is 1.81 bits per heavy atom. The molecule has 144 valence electrons. The molecule has 5 nitrogen and oxygen atoms in total. The summed E-state index contributed by atoms with van der Waals surface area (Å²) in [5.74, 6) is 0.347. The van der Waals surface area contributed by atoms with Crippen LogP contribution in [-0.2, 0) is 0 Å². The number of benzene rings is 2. The van der Waals surface area contributed by atoms with E-state index >= 15 is 0 Å². The molecule has 1 aliphatic heterocycles. The van der Waals surface area contributed by atoms with Gasteiger partial charge < -0.3 is 14.8 Å². The van der Waals surface area contributed by atoms with Gasteiger partial charge in [-0.15, -0.1) is 0 Å². The molecule has 1 atom stereocenters. The van der Waals surface area contributed by atoms with Crippen LogP contribution in [0.3, 0.4) is 0 Å². The molecule has 2 aromatic carbocycles. The molecule has 1 saturated heterocycles. The Balaban J connectivity index is 1.76. The Hall–Kier alpha value is -2.60. The first kappa shape index (κ1) is 19.2. The summed E-state index contributed by atoms with van der Waals surface area (Å²) in [5.41, 5.74) is 1.32. The maximum atomic E-state index is 13.6. The first-order chi connectivity index (χ1) is 13.1. The highest BCUT2D eigenvalue weighted by atomic mass is 19.1. The van der Waals surface area contributed by atoms with Gasteiger partial charge in [0.1, 0.15) is 17.3 Å². The third kappa shape index (κ3) is 4.57. The van der Waals surface area contributed by atoms with E-state index in [1.807, 2.05) is 24.3 Å². The molecule has 0 spiro atoms. The Morgan fingerprint density at radius 3 is 2.44 bits per heavy atom. The molecule has 27 heavy (non-hydrogen) atoms. The summed E-state index contributed by atoms with van der Waals surface area (Å²) in [4.78, 5) is 15.0. The van der Waals surface area contributed by atoms with Crippen molar-refractivity contribution in [2.45, 2.75) is 18.9 Å². The van der Waals surface area contributed by atoms with Gasteiger partial charge in [-0.05, 0) is 61.8 Å². The molecule has 1 fully saturated rings. The Bertz CT molecular complexity index is 773. The van der Waals surface area contributed by atoms with E-state index in [9.17, 15) is 9.18 Å². The summed E-state index contributed by atoms with van der Waals surface area (Å²) in [6.45, 7) is 2.43. The van der Waals surface area contributed by atoms with E-state index in [2.05, 4.69) is 10.2 Å². The van der Waals surface area contributed by atoms with Gasteiger partial charge in [0.05, 0.1) is 25.8 Å². The van der Waals surface area contributed by atoms with Gasteiger partial charge >= 0.3 is 0 Å². The summed E-state index contributed by atoms with van der Waals surface area (Å²) in [6.07, 6.45) is 2.30. The molecule has 1 N–H and O–H groups in total. The number of rotatable bonds is 7. The summed E-state index contributed by atoms with van der Waals surface area (Å²) >= 11 is 0. The second-order valence-electron chi connectivity index (χ2n) is 6.59. The fourth-order valence-corrected chi connectivity index (χ4v) is 3.48. The monoisotopic (exact) mass is 372 g/mol. The summed E-state index contributed by atoms with van der Waals surface area (Å²) in [5, 5.41) is 2.95. The predicted octanol–water partition coefficient (Wildman–Crippen LogP) is 3.41. The lowest BCUT2D eigenvalue weighted by Crippen LogP contribution is -2.37. The second-order valence-corrected chi connectivity index (χ2v) is 6.59. The molecule has 0 saturated carbocycles. The smallest absolute Gasteiger partial charge is 0.255 e. The number of amides is 1. The minimum Gasteiger partial charge on any atom is -0.497 e. The molecule has 0 aromatic heterocycles. The Kier molecular flexibility index (Phi) is 6.29. The normalized spacial score (nSPS) is 15.4. The first-order valence-corrected chi connectivity index (χ1v) is 9.12. The lowest BCUT2D eigenvalue weighted by molar-refractivity contribution is 0.0934. The van der Waals surface area contributed by atoms with Gasteiger partial charge in [-0.25, -0.2) is 4.39 Å². The van der Waals surface area contributed by atoms with Crippen molar-refractivity contribution in [1.82, 2.24) is 10.2 Å². The van der Waals surface area contributed by atoms with Gasteiger partial charge in [0.15, 0.2) is 0 Å². The van der Waals surface area contributed by atoms with Crippen LogP contribution in [0.4, 0.5) is 4.39 Å². The van der Waals surface area contributed by atoms with Crippen LogP contribution in [0.5, 0.6) is 11.5 Å².